The Bertz CT molecular complexity index is 429. The van der Waals surface area contributed by atoms with Gasteiger partial charge in [0.15, 0.2) is 5.71 Å². The Labute approximate surface area is 107 Å². The molecule has 0 amide bonds. The predicted molar refractivity (Wildman–Crippen MR) is 66.3 cm³/mol. The summed E-state index contributed by atoms with van der Waals surface area (Å²) in [5.74, 6) is -0.580. The molecular weight excluding hydrogens is 266 g/mol. The van der Waals surface area contributed by atoms with Gasteiger partial charge in [-0.05, 0) is 57.0 Å². The highest BCUT2D eigenvalue weighted by Gasteiger charge is 2.37. The van der Waals surface area contributed by atoms with E-state index in [1.807, 2.05) is 0 Å². The zero-order chi connectivity index (χ0) is 14.0. The van der Waals surface area contributed by atoms with Crippen molar-refractivity contribution < 1.29 is 17.6 Å². The fourth-order valence-electron chi connectivity index (χ4n) is 1.06. The summed E-state index contributed by atoms with van der Waals surface area (Å²) in [6, 6.07) is 4.12. The van der Waals surface area contributed by atoms with Crippen LogP contribution in [-0.2, 0) is 0 Å². The molecule has 1 rings (SSSR count). The molecule has 0 aromatic heterocycles. The Kier molecular flexibility index (Phi) is 4.42. The first-order valence-corrected chi connectivity index (χ1v) is 5.96. The Morgan fingerprint density at radius 3 is 1.94 bits per heavy atom. The number of benzene rings is 1. The van der Waals surface area contributed by atoms with Crippen LogP contribution in [0.3, 0.4) is 0 Å². The van der Waals surface area contributed by atoms with Gasteiger partial charge in [-0.25, -0.2) is 8.79 Å². The van der Waals surface area contributed by atoms with E-state index in [1.165, 1.54) is 0 Å². The van der Waals surface area contributed by atoms with E-state index in [-0.39, 0.29) is 5.56 Å². The van der Waals surface area contributed by atoms with Crippen molar-refractivity contribution in [1.29, 1.82) is 0 Å². The van der Waals surface area contributed by atoms with Gasteiger partial charge in [0.05, 0.1) is 0 Å². The first-order valence-electron chi connectivity index (χ1n) is 5.19. The van der Waals surface area contributed by atoms with Gasteiger partial charge in [0, 0.05) is 10.3 Å². The highest BCUT2D eigenvalue weighted by atomic mass is 32.2. The van der Waals surface area contributed by atoms with Crippen molar-refractivity contribution in [2.45, 2.75) is 31.7 Å². The van der Waals surface area contributed by atoms with Crippen LogP contribution < -0.4 is 0 Å². The minimum Gasteiger partial charge on any atom is -0.210 e. The molecular formula is C12H13F4NS. The Morgan fingerprint density at radius 2 is 1.56 bits per heavy atom. The van der Waals surface area contributed by atoms with E-state index in [0.717, 1.165) is 36.2 Å². The van der Waals surface area contributed by atoms with Crippen molar-refractivity contribution in [3.8, 4) is 0 Å². The van der Waals surface area contributed by atoms with Crippen LogP contribution in [0.1, 0.15) is 26.3 Å². The topological polar surface area (TPSA) is 12.4 Å². The number of rotatable bonds is 2. The van der Waals surface area contributed by atoms with Gasteiger partial charge in [-0.2, -0.15) is 13.2 Å². The van der Waals surface area contributed by atoms with Crippen LogP contribution in [0.5, 0.6) is 0 Å². The molecule has 0 bridgehead atoms. The summed E-state index contributed by atoms with van der Waals surface area (Å²) in [6.07, 6.45) is -4.56. The number of hydrogen-bond acceptors (Lipinski definition) is 2. The van der Waals surface area contributed by atoms with E-state index in [9.17, 15) is 17.6 Å². The second kappa shape index (κ2) is 5.30. The van der Waals surface area contributed by atoms with Crippen LogP contribution in [0.4, 0.5) is 17.6 Å². The van der Waals surface area contributed by atoms with E-state index in [4.69, 9.17) is 0 Å². The summed E-state index contributed by atoms with van der Waals surface area (Å²) in [4.78, 5) is 0. The molecule has 0 aliphatic heterocycles. The molecule has 18 heavy (non-hydrogen) atoms. The smallest absolute Gasteiger partial charge is 0.210 e. The van der Waals surface area contributed by atoms with Gasteiger partial charge in [-0.15, -0.1) is 0 Å². The molecule has 0 spiro atoms. The van der Waals surface area contributed by atoms with Gasteiger partial charge in [0.1, 0.15) is 5.82 Å². The van der Waals surface area contributed by atoms with E-state index in [0.29, 0.717) is 0 Å². The Balaban J connectivity index is 3.11. The molecule has 1 aromatic rings. The van der Waals surface area contributed by atoms with Gasteiger partial charge in [0.2, 0.25) is 0 Å². The third-order valence-corrected chi connectivity index (χ3v) is 2.62. The molecule has 0 saturated heterocycles. The fraction of sp³-hybridized carbons (Fsp3) is 0.417. The minimum atomic E-state index is -4.56. The lowest BCUT2D eigenvalue weighted by Gasteiger charge is -2.16. The SMILES string of the molecule is CC(C)(C)SN=C(c1ccc(F)cc1)C(F)(F)F. The molecule has 0 saturated carbocycles. The largest absolute Gasteiger partial charge is 0.434 e. The maximum absolute atomic E-state index is 12.8. The van der Waals surface area contributed by atoms with E-state index < -0.39 is 22.5 Å². The van der Waals surface area contributed by atoms with E-state index >= 15 is 0 Å². The molecule has 0 radical (unpaired) electrons. The lowest BCUT2D eigenvalue weighted by molar-refractivity contribution is -0.0578. The van der Waals surface area contributed by atoms with E-state index in [2.05, 4.69) is 4.40 Å². The van der Waals surface area contributed by atoms with Crippen molar-refractivity contribution >= 4 is 17.7 Å². The summed E-state index contributed by atoms with van der Waals surface area (Å²) in [5.41, 5.74) is -1.14. The average molecular weight is 279 g/mol. The molecule has 0 unspecified atom stereocenters. The fourth-order valence-corrected chi connectivity index (χ4v) is 1.63. The molecule has 0 heterocycles. The summed E-state index contributed by atoms with van der Waals surface area (Å²) < 4.78 is 54.4. The summed E-state index contributed by atoms with van der Waals surface area (Å²) in [6.45, 7) is 5.29. The van der Waals surface area contributed by atoms with Crippen LogP contribution in [-0.4, -0.2) is 16.6 Å². The lowest BCUT2D eigenvalue weighted by Crippen LogP contribution is -2.24. The molecule has 0 fully saturated rings. The van der Waals surface area contributed by atoms with Crippen molar-refractivity contribution in [1.82, 2.24) is 0 Å². The third-order valence-electron chi connectivity index (χ3n) is 1.80. The summed E-state index contributed by atoms with van der Waals surface area (Å²) in [5, 5.41) is 0. The van der Waals surface area contributed by atoms with Gasteiger partial charge in [-0.1, -0.05) is 0 Å². The maximum atomic E-state index is 12.8. The normalized spacial score (nSPS) is 13.8. The molecule has 6 heteroatoms. The highest BCUT2D eigenvalue weighted by Crippen LogP contribution is 2.30. The summed E-state index contributed by atoms with van der Waals surface area (Å²) >= 11 is 0.842. The maximum Gasteiger partial charge on any atom is 0.434 e. The van der Waals surface area contributed by atoms with Crippen molar-refractivity contribution in [2.75, 3.05) is 0 Å². The van der Waals surface area contributed by atoms with Crippen LogP contribution in [0, 0.1) is 5.82 Å². The average Bonchev–Trinajstić information content (AvgIpc) is 2.17. The Morgan fingerprint density at radius 1 is 1.06 bits per heavy atom. The minimum absolute atomic E-state index is 0.138. The quantitative estimate of drug-likeness (QED) is 0.437. The standard InChI is InChI=1S/C12H13F4NS/c1-11(2,3)18-17-10(12(14,15)16)8-4-6-9(13)7-5-8/h4-7H,1-3H3. The number of nitrogens with zero attached hydrogens (tertiary/aromatic N) is 1. The number of alkyl halides is 3. The second-order valence-corrected chi connectivity index (χ2v) is 6.24. The summed E-state index contributed by atoms with van der Waals surface area (Å²) in [7, 11) is 0. The molecule has 0 aliphatic carbocycles. The molecule has 0 atom stereocenters. The highest BCUT2D eigenvalue weighted by molar-refractivity contribution is 7.99. The van der Waals surface area contributed by atoms with Gasteiger partial charge in [0.25, 0.3) is 0 Å². The third kappa shape index (κ3) is 4.68. The predicted octanol–water partition coefficient (Wildman–Crippen LogP) is 4.62. The van der Waals surface area contributed by atoms with Gasteiger partial charge in [-0.3, -0.25) is 0 Å². The Hall–Kier alpha value is -1.04. The zero-order valence-electron chi connectivity index (χ0n) is 10.2. The monoisotopic (exact) mass is 279 g/mol. The van der Waals surface area contributed by atoms with Crippen LogP contribution >= 0.6 is 11.9 Å². The second-order valence-electron chi connectivity index (χ2n) is 4.65. The first kappa shape index (κ1) is 15.0. The van der Waals surface area contributed by atoms with Crippen molar-refractivity contribution in [3.05, 3.63) is 35.6 Å². The molecule has 1 nitrogen and oxygen atoms in total. The number of hydrogen-bond donors (Lipinski definition) is 0. The number of halogens is 4. The van der Waals surface area contributed by atoms with Crippen LogP contribution in [0.25, 0.3) is 0 Å². The molecule has 100 valence electrons. The molecule has 0 aliphatic rings. The van der Waals surface area contributed by atoms with Crippen LogP contribution in [0.15, 0.2) is 28.7 Å². The van der Waals surface area contributed by atoms with Gasteiger partial charge < -0.3 is 0 Å². The molecule has 1 aromatic carbocycles. The molecule has 0 N–H and O–H groups in total. The van der Waals surface area contributed by atoms with Crippen molar-refractivity contribution in [3.63, 3.8) is 0 Å². The first-order chi connectivity index (χ1) is 8.09. The van der Waals surface area contributed by atoms with Crippen LogP contribution in [0.2, 0.25) is 0 Å². The van der Waals surface area contributed by atoms with Gasteiger partial charge >= 0.3 is 6.18 Å². The van der Waals surface area contributed by atoms with E-state index in [1.54, 1.807) is 20.8 Å². The lowest BCUT2D eigenvalue weighted by atomic mass is 10.1. The van der Waals surface area contributed by atoms with Crippen molar-refractivity contribution in [2.24, 2.45) is 4.40 Å². The zero-order valence-corrected chi connectivity index (χ0v) is 11.0.